The summed E-state index contributed by atoms with van der Waals surface area (Å²) in [6, 6.07) is 18.6. The molecule has 3 atom stereocenters. The third kappa shape index (κ3) is 5.61. The van der Waals surface area contributed by atoms with Gasteiger partial charge < -0.3 is 19.5 Å². The van der Waals surface area contributed by atoms with Crippen LogP contribution in [0.4, 0.5) is 10.1 Å². The van der Waals surface area contributed by atoms with Crippen LogP contribution in [-0.4, -0.2) is 48.3 Å². The molecule has 3 aromatic carbocycles. The Balaban J connectivity index is 1.50. The first-order valence-electron chi connectivity index (χ1n) is 13.3. The zero-order valence-corrected chi connectivity index (χ0v) is 22.2. The van der Waals surface area contributed by atoms with E-state index < -0.39 is 29.7 Å². The Bertz CT molecular complexity index is 1350. The molecule has 1 saturated heterocycles. The number of likely N-dealkylation sites (tertiary alicyclic amines) is 1. The second kappa shape index (κ2) is 11.5. The molecule has 3 aromatic rings. The predicted molar refractivity (Wildman–Crippen MR) is 146 cm³/mol. The Hall–Kier alpha value is -3.91. The predicted octanol–water partition coefficient (Wildman–Crippen LogP) is 5.54. The summed E-state index contributed by atoms with van der Waals surface area (Å²) in [5.74, 6) is -1.54. The molecule has 2 heterocycles. The highest BCUT2D eigenvalue weighted by Crippen LogP contribution is 2.47. The van der Waals surface area contributed by atoms with E-state index >= 15 is 0 Å². The molecule has 1 amide bonds. The molecule has 0 aliphatic carbocycles. The number of fused-ring (bicyclic) bond motifs is 1. The van der Waals surface area contributed by atoms with Crippen molar-refractivity contribution in [2.24, 2.45) is 5.92 Å². The quantitative estimate of drug-likeness (QED) is 0.390. The van der Waals surface area contributed by atoms with Crippen LogP contribution < -0.4 is 14.4 Å². The molecule has 7 nitrogen and oxygen atoms in total. The third-order valence-electron chi connectivity index (χ3n) is 7.61. The molecule has 0 bridgehead atoms. The van der Waals surface area contributed by atoms with E-state index in [0.29, 0.717) is 30.2 Å². The number of benzene rings is 3. The van der Waals surface area contributed by atoms with Crippen molar-refractivity contribution in [1.29, 1.82) is 0 Å². The van der Waals surface area contributed by atoms with Crippen molar-refractivity contribution in [2.75, 3.05) is 31.3 Å². The number of hydrogen-bond acceptors (Lipinski definition) is 5. The van der Waals surface area contributed by atoms with Crippen LogP contribution in [0.25, 0.3) is 0 Å². The summed E-state index contributed by atoms with van der Waals surface area (Å²) in [5.41, 5.74) is 3.35. The lowest BCUT2D eigenvalue weighted by Crippen LogP contribution is -2.41. The van der Waals surface area contributed by atoms with E-state index in [1.54, 1.807) is 23.1 Å². The van der Waals surface area contributed by atoms with Gasteiger partial charge in [0.1, 0.15) is 5.82 Å². The third-order valence-corrected chi connectivity index (χ3v) is 7.61. The number of hydrogen-bond donors (Lipinski definition) is 1. The minimum absolute atomic E-state index is 0.0323. The SMILES string of the molecule is CCCCN(C(=O)CN1C[C@H](c2ccc3c(c2)OCO3)[C@H](C(=O)O)[C@H]1c1ccc(F)cc1)c1cccc(C)c1. The number of rotatable bonds is 9. The molecular weight excluding hydrogens is 499 g/mol. The second-order valence-corrected chi connectivity index (χ2v) is 10.2. The first-order chi connectivity index (χ1) is 18.9. The van der Waals surface area contributed by atoms with Gasteiger partial charge in [-0.15, -0.1) is 0 Å². The monoisotopic (exact) mass is 532 g/mol. The fraction of sp³-hybridized carbons (Fsp3) is 0.355. The highest BCUT2D eigenvalue weighted by atomic mass is 19.1. The summed E-state index contributed by atoms with van der Waals surface area (Å²) >= 11 is 0. The number of nitrogens with zero attached hydrogens (tertiary/aromatic N) is 2. The molecule has 0 spiro atoms. The molecule has 8 heteroatoms. The van der Waals surface area contributed by atoms with Crippen LogP contribution >= 0.6 is 0 Å². The van der Waals surface area contributed by atoms with E-state index in [0.717, 1.165) is 29.7 Å². The molecule has 0 saturated carbocycles. The fourth-order valence-electron chi connectivity index (χ4n) is 5.70. The fourth-order valence-corrected chi connectivity index (χ4v) is 5.70. The van der Waals surface area contributed by atoms with E-state index in [-0.39, 0.29) is 19.2 Å². The molecule has 2 aliphatic rings. The van der Waals surface area contributed by atoms with Crippen LogP contribution in [0.1, 0.15) is 48.4 Å². The van der Waals surface area contributed by atoms with Gasteiger partial charge in [0.15, 0.2) is 11.5 Å². The van der Waals surface area contributed by atoms with Gasteiger partial charge in [0.25, 0.3) is 0 Å². The van der Waals surface area contributed by atoms with Crippen LogP contribution in [0, 0.1) is 18.7 Å². The Morgan fingerprint density at radius 2 is 1.77 bits per heavy atom. The Labute approximate surface area is 227 Å². The van der Waals surface area contributed by atoms with Gasteiger partial charge in [-0.3, -0.25) is 14.5 Å². The van der Waals surface area contributed by atoms with Crippen LogP contribution in [-0.2, 0) is 9.59 Å². The number of carboxylic acid groups (broad SMARTS) is 1. The summed E-state index contributed by atoms with van der Waals surface area (Å²) in [4.78, 5) is 30.4. The average Bonchev–Trinajstić information content (AvgIpc) is 3.54. The highest BCUT2D eigenvalue weighted by Gasteiger charge is 2.48. The summed E-state index contributed by atoms with van der Waals surface area (Å²) in [5, 5.41) is 10.5. The molecule has 0 aromatic heterocycles. The number of aliphatic carboxylic acids is 1. The maximum absolute atomic E-state index is 13.9. The number of anilines is 1. The lowest BCUT2D eigenvalue weighted by Gasteiger charge is -2.30. The van der Waals surface area contributed by atoms with E-state index in [4.69, 9.17) is 9.47 Å². The number of unbranched alkanes of at least 4 members (excludes halogenated alkanes) is 1. The minimum Gasteiger partial charge on any atom is -0.481 e. The zero-order valence-electron chi connectivity index (χ0n) is 22.2. The number of carbonyl (C=O) groups is 2. The van der Waals surface area contributed by atoms with Crippen molar-refractivity contribution < 1.29 is 28.6 Å². The van der Waals surface area contributed by atoms with Crippen LogP contribution in [0.15, 0.2) is 66.7 Å². The lowest BCUT2D eigenvalue weighted by molar-refractivity contribution is -0.143. The number of aryl methyl sites for hydroxylation is 1. The molecule has 5 rings (SSSR count). The second-order valence-electron chi connectivity index (χ2n) is 10.2. The normalized spacial score (nSPS) is 20.2. The van der Waals surface area contributed by atoms with Gasteiger partial charge in [0.2, 0.25) is 12.7 Å². The number of amides is 1. The van der Waals surface area contributed by atoms with Gasteiger partial charge in [-0.05, 0) is 66.4 Å². The standard InChI is InChI=1S/C31H33FN2O5/c1-3-4-14-34(24-7-5-6-20(2)15-24)28(35)18-33-17-25(22-10-13-26-27(16-22)39-19-38-26)29(31(36)37)30(33)21-8-11-23(32)12-9-21/h5-13,15-16,25,29-30H,3-4,14,17-19H2,1-2H3,(H,36,37)/t25-,29+,30-/m1/s1. The van der Waals surface area contributed by atoms with Crippen molar-refractivity contribution in [3.8, 4) is 11.5 Å². The van der Waals surface area contributed by atoms with Gasteiger partial charge in [-0.2, -0.15) is 0 Å². The van der Waals surface area contributed by atoms with Gasteiger partial charge in [-0.25, -0.2) is 4.39 Å². The number of carbonyl (C=O) groups excluding carboxylic acids is 1. The molecule has 1 N–H and O–H groups in total. The molecule has 0 unspecified atom stereocenters. The Morgan fingerprint density at radius 3 is 2.49 bits per heavy atom. The van der Waals surface area contributed by atoms with Crippen molar-refractivity contribution >= 4 is 17.6 Å². The van der Waals surface area contributed by atoms with Crippen molar-refractivity contribution in [1.82, 2.24) is 4.90 Å². The molecular formula is C31H33FN2O5. The minimum atomic E-state index is -0.969. The van der Waals surface area contributed by atoms with E-state index in [9.17, 15) is 19.1 Å². The lowest BCUT2D eigenvalue weighted by atomic mass is 9.83. The summed E-state index contributed by atoms with van der Waals surface area (Å²) < 4.78 is 24.8. The average molecular weight is 533 g/mol. The summed E-state index contributed by atoms with van der Waals surface area (Å²) in [6.07, 6.45) is 1.78. The molecule has 1 fully saturated rings. The molecule has 2 aliphatic heterocycles. The Morgan fingerprint density at radius 1 is 1.03 bits per heavy atom. The van der Waals surface area contributed by atoms with E-state index in [1.807, 2.05) is 48.2 Å². The van der Waals surface area contributed by atoms with Gasteiger partial charge in [0, 0.05) is 30.7 Å². The summed E-state index contributed by atoms with van der Waals surface area (Å²) in [6.45, 7) is 5.14. The molecule has 204 valence electrons. The first kappa shape index (κ1) is 26.7. The largest absolute Gasteiger partial charge is 0.481 e. The van der Waals surface area contributed by atoms with Crippen molar-refractivity contribution in [3.63, 3.8) is 0 Å². The van der Waals surface area contributed by atoms with Crippen LogP contribution in [0.5, 0.6) is 11.5 Å². The van der Waals surface area contributed by atoms with Gasteiger partial charge >= 0.3 is 5.97 Å². The summed E-state index contributed by atoms with van der Waals surface area (Å²) in [7, 11) is 0. The maximum atomic E-state index is 13.9. The first-order valence-corrected chi connectivity index (χ1v) is 13.3. The zero-order chi connectivity index (χ0) is 27.5. The number of carboxylic acids is 1. The van der Waals surface area contributed by atoms with Crippen molar-refractivity contribution in [2.45, 2.75) is 38.6 Å². The Kier molecular flexibility index (Phi) is 7.84. The van der Waals surface area contributed by atoms with Gasteiger partial charge in [-0.1, -0.05) is 43.7 Å². The number of halogens is 1. The van der Waals surface area contributed by atoms with Gasteiger partial charge in [0.05, 0.1) is 12.5 Å². The van der Waals surface area contributed by atoms with Crippen LogP contribution in [0.2, 0.25) is 0 Å². The smallest absolute Gasteiger partial charge is 0.309 e. The van der Waals surface area contributed by atoms with Crippen LogP contribution in [0.3, 0.4) is 0 Å². The van der Waals surface area contributed by atoms with Crippen molar-refractivity contribution in [3.05, 3.63) is 89.2 Å². The highest BCUT2D eigenvalue weighted by molar-refractivity contribution is 5.95. The number of ether oxygens (including phenoxy) is 2. The molecule has 0 radical (unpaired) electrons. The van der Waals surface area contributed by atoms with E-state index in [1.165, 1.54) is 12.1 Å². The van der Waals surface area contributed by atoms with E-state index in [2.05, 4.69) is 6.92 Å². The topological polar surface area (TPSA) is 79.3 Å². The molecule has 39 heavy (non-hydrogen) atoms. The maximum Gasteiger partial charge on any atom is 0.309 e.